The quantitative estimate of drug-likeness (QED) is 0.293. The first kappa shape index (κ1) is 23.7. The lowest BCUT2D eigenvalue weighted by Crippen LogP contribution is -2.60. The van der Waals surface area contributed by atoms with E-state index < -0.39 is 66.3 Å². The molecule has 0 radical (unpaired) electrons. The largest absolute Gasteiger partial charge is 0.507 e. The highest BCUT2D eigenvalue weighted by Crippen LogP contribution is 2.42. The molecule has 0 bridgehead atoms. The molecular weight excluding hydrogens is 456 g/mol. The standard InChI is InChI=1S/C22H22O12/c1-31-12-4-8(2-3-10(12)24)21-19(29)17(27)15-11(25)5-9(6-13(15)33-21)32-22-20(30)18(28)16(26)14(7-23)34-22/h2-6,14,16,18,20-26,28,30H,7H2,1H3/t14-,16-,18+,20-,21?,22-/m1/s1. The van der Waals surface area contributed by atoms with Crippen molar-refractivity contribution in [2.75, 3.05) is 13.7 Å². The highest BCUT2D eigenvalue weighted by molar-refractivity contribution is 6.47. The Morgan fingerprint density at radius 2 is 1.71 bits per heavy atom. The molecule has 0 aromatic heterocycles. The molecule has 12 heteroatoms. The van der Waals surface area contributed by atoms with Gasteiger partial charge in [0.1, 0.15) is 47.2 Å². The number of phenolic OH excluding ortho intramolecular Hbond substituents is 2. The number of methoxy groups -OCH3 is 1. The van der Waals surface area contributed by atoms with Crippen LogP contribution in [0.2, 0.25) is 0 Å². The van der Waals surface area contributed by atoms with Crippen molar-refractivity contribution in [1.82, 2.24) is 0 Å². The highest BCUT2D eigenvalue weighted by atomic mass is 16.7. The molecule has 6 N–H and O–H groups in total. The molecule has 2 aromatic rings. The number of carbonyl (C=O) groups is 2. The molecular formula is C22H22O12. The molecule has 34 heavy (non-hydrogen) atoms. The van der Waals surface area contributed by atoms with Crippen molar-refractivity contribution >= 4 is 11.6 Å². The van der Waals surface area contributed by atoms with Crippen LogP contribution in [0.1, 0.15) is 22.0 Å². The maximum Gasteiger partial charge on any atom is 0.248 e. The number of fused-ring (bicyclic) bond motifs is 1. The Morgan fingerprint density at radius 3 is 2.38 bits per heavy atom. The highest BCUT2D eigenvalue weighted by Gasteiger charge is 2.45. The molecule has 4 rings (SSSR count). The van der Waals surface area contributed by atoms with Gasteiger partial charge in [-0.25, -0.2) is 0 Å². The van der Waals surface area contributed by atoms with Crippen molar-refractivity contribution in [3.05, 3.63) is 41.5 Å². The van der Waals surface area contributed by atoms with E-state index in [1.165, 1.54) is 31.4 Å². The molecule has 1 saturated heterocycles. The van der Waals surface area contributed by atoms with Crippen molar-refractivity contribution in [2.24, 2.45) is 0 Å². The SMILES string of the molecule is COc1cc(C2Oc3cc(O[C@@H]4O[C@H](CO)[C@@H](O)[C@H](O)[C@H]4O)cc(O)c3C(=O)C2=O)ccc1O. The monoisotopic (exact) mass is 478 g/mol. The van der Waals surface area contributed by atoms with E-state index >= 15 is 0 Å². The van der Waals surface area contributed by atoms with Gasteiger partial charge in [0.05, 0.1) is 13.7 Å². The second-order valence-electron chi connectivity index (χ2n) is 7.75. The van der Waals surface area contributed by atoms with E-state index in [0.717, 1.165) is 6.07 Å². The zero-order valence-electron chi connectivity index (χ0n) is 17.7. The lowest BCUT2D eigenvalue weighted by Gasteiger charge is -2.39. The van der Waals surface area contributed by atoms with Crippen LogP contribution < -0.4 is 14.2 Å². The number of benzene rings is 2. The van der Waals surface area contributed by atoms with Gasteiger partial charge in [-0.1, -0.05) is 6.07 Å². The van der Waals surface area contributed by atoms with Gasteiger partial charge in [-0.05, 0) is 12.1 Å². The van der Waals surface area contributed by atoms with Gasteiger partial charge in [0.15, 0.2) is 17.6 Å². The second kappa shape index (κ2) is 9.08. The van der Waals surface area contributed by atoms with Crippen LogP contribution >= 0.6 is 0 Å². The van der Waals surface area contributed by atoms with Crippen molar-refractivity contribution in [1.29, 1.82) is 0 Å². The summed E-state index contributed by atoms with van der Waals surface area (Å²) < 4.78 is 21.4. The molecule has 12 nitrogen and oxygen atoms in total. The van der Waals surface area contributed by atoms with Crippen molar-refractivity contribution < 1.29 is 59.2 Å². The minimum Gasteiger partial charge on any atom is -0.507 e. The normalized spacial score (nSPS) is 28.7. The van der Waals surface area contributed by atoms with E-state index in [0.29, 0.717) is 0 Å². The topological polar surface area (TPSA) is 192 Å². The number of hydrogen-bond acceptors (Lipinski definition) is 12. The number of ether oxygens (including phenoxy) is 4. The molecule has 2 aromatic carbocycles. The maximum atomic E-state index is 12.7. The number of aliphatic hydroxyl groups excluding tert-OH is 4. The van der Waals surface area contributed by atoms with Gasteiger partial charge in [0, 0.05) is 17.7 Å². The average molecular weight is 478 g/mol. The number of phenols is 2. The Hall–Kier alpha value is -3.42. The Labute approximate surface area is 192 Å². The number of ketones is 2. The van der Waals surface area contributed by atoms with Gasteiger partial charge in [-0.2, -0.15) is 0 Å². The third kappa shape index (κ3) is 4.02. The van der Waals surface area contributed by atoms with Crippen LogP contribution in [0.15, 0.2) is 30.3 Å². The molecule has 0 spiro atoms. The number of aromatic hydroxyl groups is 2. The van der Waals surface area contributed by atoms with Crippen LogP contribution in [-0.4, -0.2) is 86.6 Å². The molecule has 2 heterocycles. The number of hydrogen-bond donors (Lipinski definition) is 6. The molecule has 1 fully saturated rings. The molecule has 182 valence electrons. The number of carbonyl (C=O) groups excluding carboxylic acids is 2. The molecule has 0 amide bonds. The first-order valence-electron chi connectivity index (χ1n) is 10.1. The van der Waals surface area contributed by atoms with Crippen LogP contribution in [0.5, 0.6) is 28.7 Å². The van der Waals surface area contributed by atoms with Gasteiger partial charge in [-0.15, -0.1) is 0 Å². The Kier molecular flexibility index (Phi) is 6.34. The lowest BCUT2D eigenvalue weighted by molar-refractivity contribution is -0.277. The molecule has 1 unspecified atom stereocenters. The fourth-order valence-corrected chi connectivity index (χ4v) is 3.76. The maximum absolute atomic E-state index is 12.7. The summed E-state index contributed by atoms with van der Waals surface area (Å²) >= 11 is 0. The van der Waals surface area contributed by atoms with E-state index in [9.17, 15) is 40.2 Å². The van der Waals surface area contributed by atoms with Crippen molar-refractivity contribution in [3.63, 3.8) is 0 Å². The van der Waals surface area contributed by atoms with Crippen LogP contribution in [0, 0.1) is 0 Å². The van der Waals surface area contributed by atoms with Gasteiger partial charge >= 0.3 is 0 Å². The summed E-state index contributed by atoms with van der Waals surface area (Å²) in [5.74, 6) is -3.12. The zero-order valence-corrected chi connectivity index (χ0v) is 17.7. The molecule has 2 aliphatic rings. The third-order valence-corrected chi connectivity index (χ3v) is 5.60. The fraction of sp³-hybridized carbons (Fsp3) is 0.364. The summed E-state index contributed by atoms with van der Waals surface area (Å²) in [6, 6.07) is 6.11. The minimum absolute atomic E-state index is 0.0506. The number of rotatable bonds is 5. The van der Waals surface area contributed by atoms with E-state index in [4.69, 9.17) is 18.9 Å². The average Bonchev–Trinajstić information content (AvgIpc) is 2.81. The van der Waals surface area contributed by atoms with Crippen LogP contribution in [0.25, 0.3) is 0 Å². The summed E-state index contributed by atoms with van der Waals surface area (Å²) in [6.07, 6.45) is -9.17. The zero-order chi connectivity index (χ0) is 24.7. The van der Waals surface area contributed by atoms with Gasteiger partial charge in [-0.3, -0.25) is 9.59 Å². The van der Waals surface area contributed by atoms with Gasteiger partial charge in [0.25, 0.3) is 0 Å². The van der Waals surface area contributed by atoms with E-state index in [1.54, 1.807) is 0 Å². The smallest absolute Gasteiger partial charge is 0.248 e. The molecule has 0 aliphatic carbocycles. The molecule has 6 atom stereocenters. The van der Waals surface area contributed by atoms with Crippen molar-refractivity contribution in [2.45, 2.75) is 36.8 Å². The number of Topliss-reactive ketones (excluding diaryl/α,β-unsaturated/α-hetero) is 2. The first-order valence-corrected chi connectivity index (χ1v) is 10.1. The fourth-order valence-electron chi connectivity index (χ4n) is 3.76. The predicted octanol–water partition coefficient (Wildman–Crippen LogP) is -0.829. The summed E-state index contributed by atoms with van der Waals surface area (Å²) in [6.45, 7) is -0.669. The Morgan fingerprint density at radius 1 is 0.971 bits per heavy atom. The second-order valence-corrected chi connectivity index (χ2v) is 7.75. The summed E-state index contributed by atoms with van der Waals surface area (Å²) in [5, 5.41) is 59.4. The van der Waals surface area contributed by atoms with E-state index in [1.807, 2.05) is 0 Å². The van der Waals surface area contributed by atoms with Crippen LogP contribution in [0.3, 0.4) is 0 Å². The third-order valence-electron chi connectivity index (χ3n) is 5.60. The van der Waals surface area contributed by atoms with Crippen LogP contribution in [0.4, 0.5) is 0 Å². The number of aliphatic hydroxyl groups is 4. The molecule has 0 saturated carbocycles. The molecule has 2 aliphatic heterocycles. The first-order chi connectivity index (χ1) is 16.2. The Balaban J connectivity index is 1.65. The van der Waals surface area contributed by atoms with Gasteiger partial charge in [0.2, 0.25) is 17.9 Å². The Bertz CT molecular complexity index is 1110. The van der Waals surface area contributed by atoms with Crippen molar-refractivity contribution in [3.8, 4) is 28.7 Å². The van der Waals surface area contributed by atoms with E-state index in [2.05, 4.69) is 0 Å². The lowest BCUT2D eigenvalue weighted by atomic mass is 9.94. The van der Waals surface area contributed by atoms with Crippen LogP contribution in [-0.2, 0) is 9.53 Å². The predicted molar refractivity (Wildman–Crippen MR) is 110 cm³/mol. The van der Waals surface area contributed by atoms with E-state index in [-0.39, 0.29) is 28.6 Å². The summed E-state index contributed by atoms with van der Waals surface area (Å²) in [4.78, 5) is 25.4. The van der Waals surface area contributed by atoms with Gasteiger partial charge < -0.3 is 49.6 Å². The summed E-state index contributed by atoms with van der Waals surface area (Å²) in [5.41, 5.74) is -0.188. The minimum atomic E-state index is -1.71. The summed E-state index contributed by atoms with van der Waals surface area (Å²) in [7, 11) is 1.31.